The summed E-state index contributed by atoms with van der Waals surface area (Å²) in [6.45, 7) is 2.46. The second kappa shape index (κ2) is 5.12. The third kappa shape index (κ3) is 2.93. The van der Waals surface area contributed by atoms with Crippen LogP contribution in [0.2, 0.25) is 0 Å². The van der Waals surface area contributed by atoms with E-state index in [1.54, 1.807) is 0 Å². The first kappa shape index (κ1) is 11.8. The summed E-state index contributed by atoms with van der Waals surface area (Å²) in [6.07, 6.45) is 1.96. The van der Waals surface area contributed by atoms with E-state index in [1.807, 2.05) is 0 Å². The van der Waals surface area contributed by atoms with Crippen molar-refractivity contribution in [2.24, 2.45) is 0 Å². The van der Waals surface area contributed by atoms with Crippen LogP contribution in [0.15, 0.2) is 0 Å². The van der Waals surface area contributed by atoms with Crippen molar-refractivity contribution in [1.29, 1.82) is 0 Å². The van der Waals surface area contributed by atoms with E-state index >= 15 is 0 Å². The van der Waals surface area contributed by atoms with E-state index in [-0.39, 0.29) is 18.1 Å². The Balaban J connectivity index is 1.75. The summed E-state index contributed by atoms with van der Waals surface area (Å²) in [4.78, 5) is 14.0. The Morgan fingerprint density at radius 2 is 2.12 bits per heavy atom. The molecule has 0 amide bonds. The number of hydrogen-bond donors (Lipinski definition) is 2. The number of nitrogens with zero attached hydrogens (tertiary/aromatic N) is 1. The van der Waals surface area contributed by atoms with Gasteiger partial charge in [0.05, 0.1) is 6.10 Å². The van der Waals surface area contributed by atoms with Crippen LogP contribution in [0.25, 0.3) is 0 Å². The van der Waals surface area contributed by atoms with E-state index in [9.17, 15) is 9.90 Å². The van der Waals surface area contributed by atoms with Crippen LogP contribution in [0, 0.1) is 0 Å². The van der Waals surface area contributed by atoms with Crippen molar-refractivity contribution in [3.05, 3.63) is 0 Å². The number of carbonyl (C=O) groups excluding carboxylic acids is 1. The van der Waals surface area contributed by atoms with Crippen LogP contribution in [0.3, 0.4) is 0 Å². The Labute approximate surface area is 95.8 Å². The van der Waals surface area contributed by atoms with Gasteiger partial charge in [0.25, 0.3) is 0 Å². The number of ether oxygens (including phenoxy) is 1. The number of aliphatic hydroxyl groups excluding tert-OH is 1. The highest BCUT2D eigenvalue weighted by Crippen LogP contribution is 2.15. The minimum atomic E-state index is -0.407. The Morgan fingerprint density at radius 1 is 1.44 bits per heavy atom. The van der Waals surface area contributed by atoms with Gasteiger partial charge in [0.15, 0.2) is 0 Å². The predicted molar refractivity (Wildman–Crippen MR) is 59.0 cm³/mol. The Kier molecular flexibility index (Phi) is 3.78. The van der Waals surface area contributed by atoms with Crippen molar-refractivity contribution in [2.75, 3.05) is 26.7 Å². The lowest BCUT2D eigenvalue weighted by molar-refractivity contribution is -0.153. The Bertz CT molecular complexity index is 252. The number of piperidine rings is 1. The molecule has 0 unspecified atom stereocenters. The molecule has 0 radical (unpaired) electrons. The minimum Gasteiger partial charge on any atom is -0.461 e. The largest absolute Gasteiger partial charge is 0.461 e. The molecule has 2 fully saturated rings. The number of hydrogen-bond acceptors (Lipinski definition) is 5. The van der Waals surface area contributed by atoms with E-state index in [0.717, 1.165) is 25.9 Å². The van der Waals surface area contributed by atoms with Gasteiger partial charge in [0.2, 0.25) is 0 Å². The monoisotopic (exact) mass is 228 g/mol. The van der Waals surface area contributed by atoms with Gasteiger partial charge in [-0.3, -0.25) is 4.79 Å². The number of likely N-dealkylation sites (tertiary alicyclic amines) is 1. The van der Waals surface area contributed by atoms with E-state index in [0.29, 0.717) is 13.0 Å². The number of esters is 1. The molecular formula is C11H20N2O3. The summed E-state index contributed by atoms with van der Waals surface area (Å²) in [5, 5.41) is 12.3. The highest BCUT2D eigenvalue weighted by molar-refractivity contribution is 5.76. The fourth-order valence-corrected chi connectivity index (χ4v) is 2.25. The van der Waals surface area contributed by atoms with Gasteiger partial charge in [-0.05, 0) is 19.9 Å². The Hall–Kier alpha value is -0.650. The van der Waals surface area contributed by atoms with Crippen LogP contribution in [0.1, 0.15) is 19.3 Å². The van der Waals surface area contributed by atoms with Crippen molar-refractivity contribution >= 4 is 5.97 Å². The first-order valence-corrected chi connectivity index (χ1v) is 5.95. The SMILES string of the molecule is CN1CCC(OC(=O)[C@@H]2C[C@@H](O)CN2)CC1. The summed E-state index contributed by atoms with van der Waals surface area (Å²) < 4.78 is 5.43. The Morgan fingerprint density at radius 3 is 2.69 bits per heavy atom. The molecule has 0 saturated carbocycles. The molecule has 2 aliphatic rings. The molecule has 0 aromatic rings. The van der Waals surface area contributed by atoms with Gasteiger partial charge in [-0.15, -0.1) is 0 Å². The van der Waals surface area contributed by atoms with Gasteiger partial charge in [0.1, 0.15) is 12.1 Å². The molecule has 2 aliphatic heterocycles. The standard InChI is InChI=1S/C11H20N2O3/c1-13-4-2-9(3-5-13)16-11(15)10-6-8(14)7-12-10/h8-10,12,14H,2-7H2,1H3/t8-,10+/m1/s1. The normalized spacial score (nSPS) is 32.9. The predicted octanol–water partition coefficient (Wildman–Crippen LogP) is -0.653. The van der Waals surface area contributed by atoms with Crippen molar-refractivity contribution in [1.82, 2.24) is 10.2 Å². The average Bonchev–Trinajstić information content (AvgIpc) is 2.68. The maximum Gasteiger partial charge on any atom is 0.323 e. The summed E-state index contributed by atoms with van der Waals surface area (Å²) in [6, 6.07) is -0.311. The van der Waals surface area contributed by atoms with Gasteiger partial charge in [-0.1, -0.05) is 0 Å². The molecule has 0 aromatic carbocycles. The van der Waals surface area contributed by atoms with Gasteiger partial charge in [-0.2, -0.15) is 0 Å². The van der Waals surface area contributed by atoms with E-state index in [1.165, 1.54) is 0 Å². The zero-order valence-corrected chi connectivity index (χ0v) is 9.69. The molecule has 0 aliphatic carbocycles. The van der Waals surface area contributed by atoms with Gasteiger partial charge in [0, 0.05) is 26.1 Å². The molecule has 2 saturated heterocycles. The number of β-amino-alcohol motifs (C(OH)–C–C–N with tert-alkyl or cyclic N) is 1. The quantitative estimate of drug-likeness (QED) is 0.615. The molecule has 5 nitrogen and oxygen atoms in total. The lowest BCUT2D eigenvalue weighted by atomic mass is 10.1. The molecule has 0 aromatic heterocycles. The van der Waals surface area contributed by atoms with Gasteiger partial charge >= 0.3 is 5.97 Å². The first-order chi connectivity index (χ1) is 7.65. The molecule has 5 heteroatoms. The minimum absolute atomic E-state index is 0.0586. The average molecular weight is 228 g/mol. The molecular weight excluding hydrogens is 208 g/mol. The van der Waals surface area contributed by atoms with Crippen molar-refractivity contribution in [2.45, 2.75) is 37.5 Å². The smallest absolute Gasteiger partial charge is 0.323 e. The zero-order chi connectivity index (χ0) is 11.5. The number of nitrogens with one attached hydrogen (secondary N) is 1. The van der Waals surface area contributed by atoms with Crippen LogP contribution in [0.4, 0.5) is 0 Å². The van der Waals surface area contributed by atoms with Crippen LogP contribution in [-0.2, 0) is 9.53 Å². The number of rotatable bonds is 2. The van der Waals surface area contributed by atoms with Crippen molar-refractivity contribution < 1.29 is 14.6 Å². The first-order valence-electron chi connectivity index (χ1n) is 5.95. The maximum atomic E-state index is 11.7. The molecule has 2 heterocycles. The van der Waals surface area contributed by atoms with E-state index in [2.05, 4.69) is 17.3 Å². The van der Waals surface area contributed by atoms with Gasteiger partial charge in [-0.25, -0.2) is 0 Å². The molecule has 2 atom stereocenters. The highest BCUT2D eigenvalue weighted by atomic mass is 16.5. The fraction of sp³-hybridized carbons (Fsp3) is 0.909. The second-order valence-corrected chi connectivity index (χ2v) is 4.79. The van der Waals surface area contributed by atoms with Crippen LogP contribution in [0.5, 0.6) is 0 Å². The summed E-state index contributed by atoms with van der Waals surface area (Å²) >= 11 is 0. The molecule has 0 bridgehead atoms. The fourth-order valence-electron chi connectivity index (χ4n) is 2.25. The molecule has 2 N–H and O–H groups in total. The van der Waals surface area contributed by atoms with E-state index in [4.69, 9.17) is 4.74 Å². The van der Waals surface area contributed by atoms with Crippen LogP contribution in [-0.4, -0.2) is 60.9 Å². The van der Waals surface area contributed by atoms with Crippen LogP contribution < -0.4 is 5.32 Å². The molecule has 16 heavy (non-hydrogen) atoms. The lowest BCUT2D eigenvalue weighted by Crippen LogP contribution is -2.39. The lowest BCUT2D eigenvalue weighted by Gasteiger charge is -2.29. The molecule has 92 valence electrons. The third-order valence-corrected chi connectivity index (χ3v) is 3.34. The van der Waals surface area contributed by atoms with Crippen molar-refractivity contribution in [3.63, 3.8) is 0 Å². The molecule has 2 rings (SSSR count). The van der Waals surface area contributed by atoms with Crippen LogP contribution >= 0.6 is 0 Å². The highest BCUT2D eigenvalue weighted by Gasteiger charge is 2.31. The van der Waals surface area contributed by atoms with Gasteiger partial charge < -0.3 is 20.1 Å². The second-order valence-electron chi connectivity index (χ2n) is 4.79. The van der Waals surface area contributed by atoms with E-state index < -0.39 is 6.10 Å². The summed E-state index contributed by atoms with van der Waals surface area (Å²) in [7, 11) is 2.08. The number of aliphatic hydroxyl groups is 1. The third-order valence-electron chi connectivity index (χ3n) is 3.34. The summed E-state index contributed by atoms with van der Waals surface area (Å²) in [5.41, 5.74) is 0. The molecule has 0 spiro atoms. The summed E-state index contributed by atoms with van der Waals surface area (Å²) in [5.74, 6) is -0.203. The van der Waals surface area contributed by atoms with Crippen molar-refractivity contribution in [3.8, 4) is 0 Å². The zero-order valence-electron chi connectivity index (χ0n) is 9.69. The number of carbonyl (C=O) groups is 1. The topological polar surface area (TPSA) is 61.8 Å². The maximum absolute atomic E-state index is 11.7.